The van der Waals surface area contributed by atoms with Crippen LogP contribution in [0.2, 0.25) is 0 Å². The molecule has 5 nitrogen and oxygen atoms in total. The Balaban J connectivity index is 2.24. The molecule has 0 saturated carbocycles. The number of hydrogen-bond donors (Lipinski definition) is 1. The summed E-state index contributed by atoms with van der Waals surface area (Å²) in [4.78, 5) is 13.3. The number of alkyl halides is 3. The molecule has 0 amide bonds. The number of nitrogen functional groups attached to an aromatic ring is 1. The fraction of sp³-hybridized carbons (Fsp3) is 0.200. The zero-order chi connectivity index (χ0) is 21.3. The Morgan fingerprint density at radius 2 is 1.86 bits per heavy atom. The number of esters is 1. The molecule has 0 spiro atoms. The molecular weight excluding hydrogens is 403 g/mol. The van der Waals surface area contributed by atoms with Crippen LogP contribution in [0.15, 0.2) is 35.7 Å². The Labute approximate surface area is 168 Å². The largest absolute Gasteiger partial charge is 0.461 e. The number of nitrogens with zero attached hydrogens (tertiary/aromatic N) is 2. The molecule has 3 aromatic rings. The Bertz CT molecular complexity index is 1110. The van der Waals surface area contributed by atoms with Gasteiger partial charge < -0.3 is 15.0 Å². The minimum atomic E-state index is -4.81. The van der Waals surface area contributed by atoms with Gasteiger partial charge in [0, 0.05) is 12.6 Å². The maximum atomic E-state index is 13.6. The highest BCUT2D eigenvalue weighted by molar-refractivity contribution is 7.14. The van der Waals surface area contributed by atoms with E-state index < -0.39 is 23.4 Å². The van der Waals surface area contributed by atoms with Crippen LogP contribution in [0.1, 0.15) is 28.7 Å². The SMILES string of the molecule is CCOC(=O)c1c(-c2ccc(-c3sccc3N)cc2)c(C#N)c(C(F)(F)F)n1C. The summed E-state index contributed by atoms with van der Waals surface area (Å²) in [7, 11) is 1.10. The number of anilines is 1. The predicted molar refractivity (Wildman–Crippen MR) is 104 cm³/mol. The van der Waals surface area contributed by atoms with Crippen molar-refractivity contribution in [3.8, 4) is 27.6 Å². The van der Waals surface area contributed by atoms with Crippen LogP contribution in [0.3, 0.4) is 0 Å². The Morgan fingerprint density at radius 1 is 1.24 bits per heavy atom. The summed E-state index contributed by atoms with van der Waals surface area (Å²) >= 11 is 1.43. The third-order valence-electron chi connectivity index (χ3n) is 4.37. The lowest BCUT2D eigenvalue weighted by molar-refractivity contribution is -0.143. The second-order valence-electron chi connectivity index (χ2n) is 6.12. The van der Waals surface area contributed by atoms with Crippen molar-refractivity contribution in [2.24, 2.45) is 7.05 Å². The molecule has 150 valence electrons. The van der Waals surface area contributed by atoms with Crippen molar-refractivity contribution in [3.63, 3.8) is 0 Å². The van der Waals surface area contributed by atoms with E-state index in [2.05, 4.69) is 0 Å². The van der Waals surface area contributed by atoms with Crippen LogP contribution in [0.4, 0.5) is 18.9 Å². The molecule has 2 aromatic heterocycles. The number of ether oxygens (including phenoxy) is 1. The van der Waals surface area contributed by atoms with Gasteiger partial charge in [-0.25, -0.2) is 4.79 Å². The number of nitrogens with two attached hydrogens (primary N) is 1. The van der Waals surface area contributed by atoms with Gasteiger partial charge in [-0.2, -0.15) is 18.4 Å². The lowest BCUT2D eigenvalue weighted by Crippen LogP contribution is -2.17. The van der Waals surface area contributed by atoms with Crippen LogP contribution in [0.5, 0.6) is 0 Å². The van der Waals surface area contributed by atoms with E-state index in [1.54, 1.807) is 43.3 Å². The van der Waals surface area contributed by atoms with Gasteiger partial charge in [0.15, 0.2) is 0 Å². The van der Waals surface area contributed by atoms with Gasteiger partial charge in [-0.3, -0.25) is 0 Å². The van der Waals surface area contributed by atoms with Crippen molar-refractivity contribution in [2.45, 2.75) is 13.1 Å². The molecule has 2 N–H and O–H groups in total. The highest BCUT2D eigenvalue weighted by atomic mass is 32.1. The number of aromatic nitrogens is 1. The first-order valence-corrected chi connectivity index (χ1v) is 9.39. The van der Waals surface area contributed by atoms with Crippen LogP contribution < -0.4 is 5.73 Å². The van der Waals surface area contributed by atoms with Crippen molar-refractivity contribution in [2.75, 3.05) is 12.3 Å². The van der Waals surface area contributed by atoms with E-state index >= 15 is 0 Å². The highest BCUT2D eigenvalue weighted by Gasteiger charge is 2.42. The summed E-state index contributed by atoms with van der Waals surface area (Å²) in [5, 5.41) is 11.3. The number of hydrogen-bond acceptors (Lipinski definition) is 5. The third kappa shape index (κ3) is 3.59. The van der Waals surface area contributed by atoms with Crippen LogP contribution in [-0.4, -0.2) is 17.1 Å². The molecule has 1 aromatic carbocycles. The predicted octanol–water partition coefficient (Wildman–Crippen LogP) is 5.07. The number of benzene rings is 1. The van der Waals surface area contributed by atoms with Crippen LogP contribution in [0.25, 0.3) is 21.6 Å². The molecule has 2 heterocycles. The smallest absolute Gasteiger partial charge is 0.432 e. The van der Waals surface area contributed by atoms with Crippen LogP contribution in [0, 0.1) is 11.3 Å². The molecule has 0 fully saturated rings. The number of nitriles is 1. The zero-order valence-corrected chi connectivity index (χ0v) is 16.3. The first kappa shape index (κ1) is 20.5. The number of carbonyl (C=O) groups is 1. The molecule has 3 rings (SSSR count). The molecule has 0 radical (unpaired) electrons. The topological polar surface area (TPSA) is 81.0 Å². The molecule has 0 aliphatic carbocycles. The summed E-state index contributed by atoms with van der Waals surface area (Å²) in [5.41, 5.74) is 5.35. The lowest BCUT2D eigenvalue weighted by Gasteiger charge is -2.10. The summed E-state index contributed by atoms with van der Waals surface area (Å²) in [6, 6.07) is 9.87. The molecule has 29 heavy (non-hydrogen) atoms. The molecule has 0 atom stereocenters. The lowest BCUT2D eigenvalue weighted by atomic mass is 9.98. The fourth-order valence-corrected chi connectivity index (χ4v) is 4.01. The van der Waals surface area contributed by atoms with Gasteiger partial charge in [0.2, 0.25) is 0 Å². The monoisotopic (exact) mass is 419 g/mol. The minimum Gasteiger partial charge on any atom is -0.461 e. The van der Waals surface area contributed by atoms with E-state index in [1.807, 2.05) is 5.38 Å². The van der Waals surface area contributed by atoms with Gasteiger partial charge in [0.25, 0.3) is 0 Å². The molecule has 0 aliphatic heterocycles. The summed E-state index contributed by atoms with van der Waals surface area (Å²) in [6.07, 6.45) is -4.81. The first-order valence-electron chi connectivity index (χ1n) is 8.51. The van der Waals surface area contributed by atoms with Gasteiger partial charge >= 0.3 is 12.1 Å². The third-order valence-corrected chi connectivity index (χ3v) is 5.35. The standard InChI is InChI=1S/C20H16F3N3O2S/c1-3-28-19(27)16-15(13(10-24)18(26(16)2)20(21,22)23)11-4-6-12(7-5-11)17-14(25)8-9-29-17/h4-9H,3,25H2,1-2H3. The van der Waals surface area contributed by atoms with Gasteiger partial charge in [-0.05, 0) is 29.5 Å². The van der Waals surface area contributed by atoms with Crippen molar-refractivity contribution < 1.29 is 22.7 Å². The Hall–Kier alpha value is -3.25. The van der Waals surface area contributed by atoms with Crippen LogP contribution in [-0.2, 0) is 18.0 Å². The van der Waals surface area contributed by atoms with Gasteiger partial charge in [-0.15, -0.1) is 11.3 Å². The van der Waals surface area contributed by atoms with Gasteiger partial charge in [0.1, 0.15) is 17.5 Å². The molecule has 0 unspecified atom stereocenters. The number of carbonyl (C=O) groups excluding carboxylic acids is 1. The van der Waals surface area contributed by atoms with Gasteiger partial charge in [0.05, 0.1) is 22.7 Å². The normalized spacial score (nSPS) is 11.3. The van der Waals surface area contributed by atoms with E-state index in [4.69, 9.17) is 10.5 Å². The number of halogens is 3. The van der Waals surface area contributed by atoms with E-state index in [0.29, 0.717) is 15.8 Å². The van der Waals surface area contributed by atoms with E-state index in [-0.39, 0.29) is 17.9 Å². The quantitative estimate of drug-likeness (QED) is 0.599. The van der Waals surface area contributed by atoms with Crippen molar-refractivity contribution >= 4 is 23.0 Å². The summed E-state index contributed by atoms with van der Waals surface area (Å²) in [6.45, 7) is 1.54. The van der Waals surface area contributed by atoms with Crippen LogP contribution >= 0.6 is 11.3 Å². The second-order valence-corrected chi connectivity index (χ2v) is 7.03. The molecular formula is C20H16F3N3O2S. The summed E-state index contributed by atoms with van der Waals surface area (Å²) in [5.74, 6) is -0.927. The van der Waals surface area contributed by atoms with E-state index in [9.17, 15) is 23.2 Å². The average Bonchev–Trinajstić information content (AvgIpc) is 3.22. The van der Waals surface area contributed by atoms with Crippen molar-refractivity contribution in [1.82, 2.24) is 4.57 Å². The maximum Gasteiger partial charge on any atom is 0.432 e. The number of rotatable bonds is 4. The molecule has 0 aliphatic rings. The second kappa shape index (κ2) is 7.64. The zero-order valence-electron chi connectivity index (χ0n) is 15.5. The van der Waals surface area contributed by atoms with Crippen molar-refractivity contribution in [3.05, 3.63) is 52.7 Å². The average molecular weight is 419 g/mol. The highest BCUT2D eigenvalue weighted by Crippen LogP contribution is 2.41. The minimum absolute atomic E-state index is 0.0106. The molecule has 0 saturated heterocycles. The fourth-order valence-electron chi connectivity index (χ4n) is 3.19. The number of thiophene rings is 1. The maximum absolute atomic E-state index is 13.6. The Morgan fingerprint density at radius 3 is 2.34 bits per heavy atom. The summed E-state index contributed by atoms with van der Waals surface area (Å²) < 4.78 is 46.5. The first-order chi connectivity index (χ1) is 13.7. The van der Waals surface area contributed by atoms with E-state index in [0.717, 1.165) is 17.5 Å². The molecule has 9 heteroatoms. The molecule has 0 bridgehead atoms. The Kier molecular flexibility index (Phi) is 5.40. The van der Waals surface area contributed by atoms with Gasteiger partial charge in [-0.1, -0.05) is 24.3 Å². The van der Waals surface area contributed by atoms with E-state index in [1.165, 1.54) is 11.3 Å². The van der Waals surface area contributed by atoms with Crippen molar-refractivity contribution in [1.29, 1.82) is 5.26 Å².